The van der Waals surface area contributed by atoms with Gasteiger partial charge < -0.3 is 9.84 Å². The Labute approximate surface area is 111 Å². The highest BCUT2D eigenvalue weighted by Gasteiger charge is 2.27. The number of sulfonamides is 1. The first kappa shape index (κ1) is 13.8. The third-order valence-electron chi connectivity index (χ3n) is 2.89. The van der Waals surface area contributed by atoms with Gasteiger partial charge in [-0.25, -0.2) is 13.2 Å². The summed E-state index contributed by atoms with van der Waals surface area (Å²) in [6.07, 6.45) is 0.650. The summed E-state index contributed by atoms with van der Waals surface area (Å²) in [5, 5.41) is 8.83. The Morgan fingerprint density at radius 1 is 1.42 bits per heavy atom. The summed E-state index contributed by atoms with van der Waals surface area (Å²) < 4.78 is 29.9. The van der Waals surface area contributed by atoms with E-state index in [0.717, 1.165) is 0 Å². The molecule has 0 saturated carbocycles. The lowest BCUT2D eigenvalue weighted by Gasteiger charge is -2.14. The molecule has 1 aromatic carbocycles. The van der Waals surface area contributed by atoms with Crippen LogP contribution in [-0.2, 0) is 10.0 Å². The van der Waals surface area contributed by atoms with Crippen molar-refractivity contribution in [2.75, 3.05) is 25.4 Å². The SMILES string of the molecule is O=C(O)c1cccc(OCCN2CCCS2(=O)=O)c1. The highest BCUT2D eigenvalue weighted by Crippen LogP contribution is 2.15. The molecule has 1 saturated heterocycles. The first-order valence-electron chi connectivity index (χ1n) is 5.93. The van der Waals surface area contributed by atoms with Gasteiger partial charge >= 0.3 is 5.97 Å². The van der Waals surface area contributed by atoms with E-state index in [2.05, 4.69) is 0 Å². The highest BCUT2D eigenvalue weighted by atomic mass is 32.2. The van der Waals surface area contributed by atoms with Crippen LogP contribution in [-0.4, -0.2) is 49.2 Å². The maximum atomic E-state index is 11.5. The van der Waals surface area contributed by atoms with Crippen molar-refractivity contribution in [2.45, 2.75) is 6.42 Å². The van der Waals surface area contributed by atoms with Crippen molar-refractivity contribution in [3.63, 3.8) is 0 Å². The second-order valence-electron chi connectivity index (χ2n) is 4.25. The lowest BCUT2D eigenvalue weighted by molar-refractivity contribution is 0.0696. The van der Waals surface area contributed by atoms with Crippen LogP contribution in [0.4, 0.5) is 0 Å². The van der Waals surface area contributed by atoms with Crippen molar-refractivity contribution in [1.29, 1.82) is 0 Å². The van der Waals surface area contributed by atoms with E-state index in [1.165, 1.54) is 16.4 Å². The second kappa shape index (κ2) is 5.58. The van der Waals surface area contributed by atoms with E-state index >= 15 is 0 Å². The molecular weight excluding hydrogens is 270 g/mol. The molecule has 0 aliphatic carbocycles. The molecule has 0 bridgehead atoms. The van der Waals surface area contributed by atoms with Crippen LogP contribution in [0.25, 0.3) is 0 Å². The second-order valence-corrected chi connectivity index (χ2v) is 6.34. The van der Waals surface area contributed by atoms with Crippen LogP contribution in [0, 0.1) is 0 Å². The monoisotopic (exact) mass is 285 g/mol. The zero-order valence-corrected chi connectivity index (χ0v) is 11.1. The van der Waals surface area contributed by atoms with Gasteiger partial charge in [0.05, 0.1) is 11.3 Å². The molecule has 2 rings (SSSR count). The summed E-state index contributed by atoms with van der Waals surface area (Å²) in [6.45, 7) is 1.03. The predicted molar refractivity (Wildman–Crippen MR) is 68.9 cm³/mol. The number of hydrogen-bond donors (Lipinski definition) is 1. The van der Waals surface area contributed by atoms with Crippen molar-refractivity contribution < 1.29 is 23.1 Å². The third kappa shape index (κ3) is 3.45. The standard InChI is InChI=1S/C12H15NO5S/c14-12(15)10-3-1-4-11(9-10)18-7-6-13-5-2-8-19(13,16)17/h1,3-4,9H,2,5-8H2,(H,14,15). The van der Waals surface area contributed by atoms with E-state index in [4.69, 9.17) is 9.84 Å². The minimum absolute atomic E-state index is 0.145. The van der Waals surface area contributed by atoms with Gasteiger partial charge in [-0.1, -0.05) is 6.07 Å². The Balaban J connectivity index is 1.89. The molecule has 1 aliphatic heterocycles. The molecule has 19 heavy (non-hydrogen) atoms. The number of carboxylic acid groups (broad SMARTS) is 1. The Kier molecular flexibility index (Phi) is 4.06. The van der Waals surface area contributed by atoms with Crippen LogP contribution in [0.2, 0.25) is 0 Å². The van der Waals surface area contributed by atoms with Crippen LogP contribution in [0.3, 0.4) is 0 Å². The first-order valence-corrected chi connectivity index (χ1v) is 7.54. The Morgan fingerprint density at radius 3 is 2.84 bits per heavy atom. The average Bonchev–Trinajstić information content (AvgIpc) is 2.69. The summed E-state index contributed by atoms with van der Waals surface area (Å²) in [5.41, 5.74) is 0.145. The molecule has 0 atom stereocenters. The number of nitrogens with zero attached hydrogens (tertiary/aromatic N) is 1. The summed E-state index contributed by atoms with van der Waals surface area (Å²) in [5.74, 6) is -0.398. The lowest BCUT2D eigenvalue weighted by Crippen LogP contribution is -2.30. The van der Waals surface area contributed by atoms with Gasteiger partial charge in [-0.05, 0) is 24.6 Å². The fourth-order valence-electron chi connectivity index (χ4n) is 1.93. The number of carbonyl (C=O) groups is 1. The topological polar surface area (TPSA) is 83.9 Å². The largest absolute Gasteiger partial charge is 0.492 e. The van der Waals surface area contributed by atoms with Gasteiger partial charge in [-0.15, -0.1) is 0 Å². The molecule has 1 aliphatic rings. The van der Waals surface area contributed by atoms with Gasteiger partial charge in [0.1, 0.15) is 12.4 Å². The maximum absolute atomic E-state index is 11.5. The van der Waals surface area contributed by atoms with Crippen molar-refractivity contribution in [3.05, 3.63) is 29.8 Å². The van der Waals surface area contributed by atoms with Crippen molar-refractivity contribution in [3.8, 4) is 5.75 Å². The molecule has 6 nitrogen and oxygen atoms in total. The molecule has 1 fully saturated rings. The zero-order valence-electron chi connectivity index (χ0n) is 10.3. The van der Waals surface area contributed by atoms with E-state index in [-0.39, 0.29) is 17.9 Å². The van der Waals surface area contributed by atoms with Gasteiger partial charge in [-0.3, -0.25) is 0 Å². The first-order chi connectivity index (χ1) is 8.99. The predicted octanol–water partition coefficient (Wildman–Crippen LogP) is 0.799. The van der Waals surface area contributed by atoms with Gasteiger partial charge in [0.25, 0.3) is 0 Å². The van der Waals surface area contributed by atoms with Crippen LogP contribution >= 0.6 is 0 Å². The van der Waals surface area contributed by atoms with Gasteiger partial charge in [0.2, 0.25) is 10.0 Å². The summed E-state index contributed by atoms with van der Waals surface area (Å²) >= 11 is 0. The molecule has 0 amide bonds. The van der Waals surface area contributed by atoms with Crippen LogP contribution in [0.15, 0.2) is 24.3 Å². The Morgan fingerprint density at radius 2 is 2.21 bits per heavy atom. The minimum atomic E-state index is -3.10. The van der Waals surface area contributed by atoms with Gasteiger partial charge in [-0.2, -0.15) is 4.31 Å². The highest BCUT2D eigenvalue weighted by molar-refractivity contribution is 7.89. The normalized spacial score (nSPS) is 18.3. The number of hydrogen-bond acceptors (Lipinski definition) is 4. The molecule has 1 heterocycles. The smallest absolute Gasteiger partial charge is 0.335 e. The van der Waals surface area contributed by atoms with Crippen LogP contribution < -0.4 is 4.74 Å². The third-order valence-corrected chi connectivity index (χ3v) is 4.85. The van der Waals surface area contributed by atoms with Crippen molar-refractivity contribution in [2.24, 2.45) is 0 Å². The number of ether oxygens (including phenoxy) is 1. The van der Waals surface area contributed by atoms with E-state index in [1.54, 1.807) is 12.1 Å². The fourth-order valence-corrected chi connectivity index (χ4v) is 3.44. The molecular formula is C12H15NO5S. The Bertz CT molecular complexity index is 569. The quantitative estimate of drug-likeness (QED) is 0.865. The van der Waals surface area contributed by atoms with Gasteiger partial charge in [0, 0.05) is 13.1 Å². The zero-order chi connectivity index (χ0) is 13.9. The maximum Gasteiger partial charge on any atom is 0.335 e. The molecule has 104 valence electrons. The molecule has 7 heteroatoms. The van der Waals surface area contributed by atoms with E-state index < -0.39 is 16.0 Å². The van der Waals surface area contributed by atoms with Gasteiger partial charge in [0.15, 0.2) is 0 Å². The lowest BCUT2D eigenvalue weighted by atomic mass is 10.2. The van der Waals surface area contributed by atoms with Crippen LogP contribution in [0.5, 0.6) is 5.75 Å². The molecule has 0 aromatic heterocycles. The van der Waals surface area contributed by atoms with Crippen molar-refractivity contribution >= 4 is 16.0 Å². The molecule has 0 spiro atoms. The summed E-state index contributed by atoms with van der Waals surface area (Å²) in [6, 6.07) is 6.12. The number of benzene rings is 1. The molecule has 1 N–H and O–H groups in total. The fraction of sp³-hybridized carbons (Fsp3) is 0.417. The molecule has 0 radical (unpaired) electrons. The summed E-state index contributed by atoms with van der Waals surface area (Å²) in [4.78, 5) is 10.8. The van der Waals surface area contributed by atoms with E-state index in [0.29, 0.717) is 25.3 Å². The Hall–Kier alpha value is -1.60. The average molecular weight is 285 g/mol. The number of rotatable bonds is 5. The van der Waals surface area contributed by atoms with Crippen LogP contribution in [0.1, 0.15) is 16.8 Å². The summed E-state index contributed by atoms with van der Waals surface area (Å²) in [7, 11) is -3.10. The van der Waals surface area contributed by atoms with E-state index in [9.17, 15) is 13.2 Å². The minimum Gasteiger partial charge on any atom is -0.492 e. The van der Waals surface area contributed by atoms with E-state index in [1.807, 2.05) is 0 Å². The molecule has 0 unspecified atom stereocenters. The molecule has 1 aromatic rings. The van der Waals surface area contributed by atoms with Crippen molar-refractivity contribution in [1.82, 2.24) is 4.31 Å². The number of aromatic carboxylic acids is 1. The number of carboxylic acids is 1.